The number of amides is 1. The van der Waals surface area contributed by atoms with E-state index in [0.717, 1.165) is 33.6 Å². The zero-order chi connectivity index (χ0) is 20.5. The second-order valence-corrected chi connectivity index (χ2v) is 7.28. The van der Waals surface area contributed by atoms with Crippen molar-refractivity contribution in [3.8, 4) is 17.0 Å². The Balaban J connectivity index is 1.71. The van der Waals surface area contributed by atoms with Gasteiger partial charge >= 0.3 is 0 Å². The van der Waals surface area contributed by atoms with Crippen LogP contribution in [0.15, 0.2) is 60.9 Å². The number of hydrogen-bond acceptors (Lipinski definition) is 3. The molecule has 146 valence electrons. The second kappa shape index (κ2) is 7.43. The molecule has 2 heterocycles. The van der Waals surface area contributed by atoms with Crippen molar-refractivity contribution in [1.82, 2.24) is 9.38 Å². The molecule has 1 N–H and O–H groups in total. The Morgan fingerprint density at radius 2 is 1.79 bits per heavy atom. The fourth-order valence-corrected chi connectivity index (χ4v) is 3.36. The van der Waals surface area contributed by atoms with Crippen molar-refractivity contribution in [2.24, 2.45) is 0 Å². The molecule has 5 heteroatoms. The summed E-state index contributed by atoms with van der Waals surface area (Å²) in [5.41, 5.74) is 7.02. The van der Waals surface area contributed by atoms with Gasteiger partial charge in [-0.15, -0.1) is 0 Å². The van der Waals surface area contributed by atoms with Crippen LogP contribution in [0.3, 0.4) is 0 Å². The molecule has 0 saturated heterocycles. The van der Waals surface area contributed by atoms with Crippen molar-refractivity contribution in [3.63, 3.8) is 0 Å². The molecule has 0 aliphatic rings. The van der Waals surface area contributed by atoms with Crippen LogP contribution in [-0.2, 0) is 0 Å². The van der Waals surface area contributed by atoms with E-state index in [9.17, 15) is 4.79 Å². The van der Waals surface area contributed by atoms with E-state index in [0.29, 0.717) is 17.0 Å². The van der Waals surface area contributed by atoms with Crippen molar-refractivity contribution in [3.05, 3.63) is 83.2 Å². The summed E-state index contributed by atoms with van der Waals surface area (Å²) in [5, 5.41) is 3.00. The first kappa shape index (κ1) is 18.7. The Labute approximate surface area is 170 Å². The number of aromatic nitrogens is 2. The van der Waals surface area contributed by atoms with Gasteiger partial charge in [0.15, 0.2) is 0 Å². The SMILES string of the molecule is COc1ccc(-c2cn3ccc(C)cc3n2)cc1NC(=O)c1cc(C)ccc1C. The van der Waals surface area contributed by atoms with E-state index in [4.69, 9.17) is 9.72 Å². The first-order valence-corrected chi connectivity index (χ1v) is 9.47. The molecular formula is C24H23N3O2. The van der Waals surface area contributed by atoms with Crippen molar-refractivity contribution < 1.29 is 9.53 Å². The van der Waals surface area contributed by atoms with Crippen LogP contribution in [-0.4, -0.2) is 22.4 Å². The molecule has 2 aromatic carbocycles. The summed E-state index contributed by atoms with van der Waals surface area (Å²) in [5.74, 6) is 0.444. The summed E-state index contributed by atoms with van der Waals surface area (Å²) in [4.78, 5) is 17.6. The fraction of sp³-hybridized carbons (Fsp3) is 0.167. The van der Waals surface area contributed by atoms with Crippen molar-refractivity contribution >= 4 is 17.2 Å². The van der Waals surface area contributed by atoms with Gasteiger partial charge in [0.1, 0.15) is 11.4 Å². The highest BCUT2D eigenvalue weighted by Gasteiger charge is 2.14. The molecule has 0 radical (unpaired) electrons. The monoisotopic (exact) mass is 385 g/mol. The van der Waals surface area contributed by atoms with E-state index in [1.807, 2.05) is 86.1 Å². The minimum absolute atomic E-state index is 0.160. The van der Waals surface area contributed by atoms with Gasteiger partial charge in [0.05, 0.1) is 18.5 Å². The molecule has 4 rings (SSSR count). The van der Waals surface area contributed by atoms with Gasteiger partial charge in [-0.2, -0.15) is 0 Å². The number of anilines is 1. The Hall–Kier alpha value is -3.60. The van der Waals surface area contributed by atoms with Gasteiger partial charge in [-0.05, 0) is 68.3 Å². The van der Waals surface area contributed by atoms with Crippen LogP contribution >= 0.6 is 0 Å². The van der Waals surface area contributed by atoms with Crippen LogP contribution in [0.2, 0.25) is 0 Å². The van der Waals surface area contributed by atoms with Crippen LogP contribution in [0, 0.1) is 20.8 Å². The molecule has 0 atom stereocenters. The minimum atomic E-state index is -0.160. The number of ether oxygens (including phenoxy) is 1. The molecule has 0 bridgehead atoms. The molecule has 5 nitrogen and oxygen atoms in total. The lowest BCUT2D eigenvalue weighted by Gasteiger charge is -2.13. The Kier molecular flexibility index (Phi) is 4.80. The van der Waals surface area contributed by atoms with E-state index in [2.05, 4.69) is 5.32 Å². The topological polar surface area (TPSA) is 55.6 Å². The maximum atomic E-state index is 12.9. The third kappa shape index (κ3) is 3.72. The molecule has 0 aliphatic heterocycles. The van der Waals surface area contributed by atoms with Gasteiger partial charge in [0, 0.05) is 23.5 Å². The largest absolute Gasteiger partial charge is 0.495 e. The first-order valence-electron chi connectivity index (χ1n) is 9.47. The normalized spacial score (nSPS) is 10.9. The molecule has 0 spiro atoms. The molecule has 29 heavy (non-hydrogen) atoms. The molecule has 0 saturated carbocycles. The lowest BCUT2D eigenvalue weighted by atomic mass is 10.0. The predicted octanol–water partition coefficient (Wildman–Crippen LogP) is 5.19. The number of rotatable bonds is 4. The van der Waals surface area contributed by atoms with Crippen LogP contribution in [0.1, 0.15) is 27.0 Å². The van der Waals surface area contributed by atoms with Crippen LogP contribution in [0.25, 0.3) is 16.9 Å². The Morgan fingerprint density at radius 1 is 1.00 bits per heavy atom. The van der Waals surface area contributed by atoms with Gasteiger partial charge in [-0.25, -0.2) is 4.98 Å². The fourth-order valence-electron chi connectivity index (χ4n) is 3.36. The number of aryl methyl sites for hydroxylation is 3. The van der Waals surface area contributed by atoms with Gasteiger partial charge in [-0.3, -0.25) is 4.79 Å². The van der Waals surface area contributed by atoms with E-state index in [1.165, 1.54) is 0 Å². The number of imidazole rings is 1. The number of nitrogens with zero attached hydrogens (tertiary/aromatic N) is 2. The molecular weight excluding hydrogens is 362 g/mol. The average Bonchev–Trinajstić information content (AvgIpc) is 3.12. The highest BCUT2D eigenvalue weighted by molar-refractivity contribution is 6.06. The van der Waals surface area contributed by atoms with Gasteiger partial charge in [-0.1, -0.05) is 17.7 Å². The number of carbonyl (C=O) groups is 1. The smallest absolute Gasteiger partial charge is 0.256 e. The highest BCUT2D eigenvalue weighted by Crippen LogP contribution is 2.31. The van der Waals surface area contributed by atoms with Gasteiger partial charge < -0.3 is 14.5 Å². The summed E-state index contributed by atoms with van der Waals surface area (Å²) < 4.78 is 7.45. The maximum absolute atomic E-state index is 12.9. The Morgan fingerprint density at radius 3 is 2.59 bits per heavy atom. The van der Waals surface area contributed by atoms with E-state index in [-0.39, 0.29) is 5.91 Å². The van der Waals surface area contributed by atoms with E-state index in [1.54, 1.807) is 7.11 Å². The van der Waals surface area contributed by atoms with E-state index >= 15 is 0 Å². The summed E-state index contributed by atoms with van der Waals surface area (Å²) in [6.07, 6.45) is 3.97. The second-order valence-electron chi connectivity index (χ2n) is 7.28. The van der Waals surface area contributed by atoms with Crippen molar-refractivity contribution in [1.29, 1.82) is 0 Å². The number of pyridine rings is 1. The maximum Gasteiger partial charge on any atom is 0.256 e. The zero-order valence-corrected chi connectivity index (χ0v) is 17.0. The number of carbonyl (C=O) groups excluding carboxylic acids is 1. The summed E-state index contributed by atoms with van der Waals surface area (Å²) in [6, 6.07) is 15.6. The molecule has 2 aromatic heterocycles. The van der Waals surface area contributed by atoms with Gasteiger partial charge in [0.25, 0.3) is 5.91 Å². The van der Waals surface area contributed by atoms with Crippen molar-refractivity contribution in [2.45, 2.75) is 20.8 Å². The molecule has 0 fully saturated rings. The predicted molar refractivity (Wildman–Crippen MR) is 116 cm³/mol. The average molecular weight is 385 g/mol. The summed E-state index contributed by atoms with van der Waals surface area (Å²) >= 11 is 0. The zero-order valence-electron chi connectivity index (χ0n) is 17.0. The van der Waals surface area contributed by atoms with Crippen LogP contribution < -0.4 is 10.1 Å². The van der Waals surface area contributed by atoms with Crippen molar-refractivity contribution in [2.75, 3.05) is 12.4 Å². The third-order valence-corrected chi connectivity index (χ3v) is 5.00. The Bertz CT molecular complexity index is 1220. The highest BCUT2D eigenvalue weighted by atomic mass is 16.5. The standard InChI is InChI=1S/C24H23N3O2/c1-15-5-6-17(3)19(11-15)24(28)26-20-13-18(7-8-22(20)29-4)21-14-27-10-9-16(2)12-23(27)25-21/h5-14H,1-4H3,(H,26,28). The van der Waals surface area contributed by atoms with Gasteiger partial charge in [0.2, 0.25) is 0 Å². The molecule has 1 amide bonds. The summed E-state index contributed by atoms with van der Waals surface area (Å²) in [7, 11) is 1.59. The van der Waals surface area contributed by atoms with E-state index < -0.39 is 0 Å². The van der Waals surface area contributed by atoms with Crippen LogP contribution in [0.4, 0.5) is 5.69 Å². The minimum Gasteiger partial charge on any atom is -0.495 e. The third-order valence-electron chi connectivity index (χ3n) is 5.00. The summed E-state index contributed by atoms with van der Waals surface area (Å²) in [6.45, 7) is 5.95. The molecule has 4 aromatic rings. The lowest BCUT2D eigenvalue weighted by molar-refractivity contribution is 0.102. The number of hydrogen-bond donors (Lipinski definition) is 1. The molecule has 0 aliphatic carbocycles. The van der Waals surface area contributed by atoms with Crippen LogP contribution in [0.5, 0.6) is 5.75 Å². The molecule has 0 unspecified atom stereocenters. The quantitative estimate of drug-likeness (QED) is 0.526. The number of fused-ring (bicyclic) bond motifs is 1. The lowest BCUT2D eigenvalue weighted by Crippen LogP contribution is -2.14. The first-order chi connectivity index (χ1) is 13.9. The number of benzene rings is 2. The number of methoxy groups -OCH3 is 1. The number of nitrogens with one attached hydrogen (secondary N) is 1.